The molecule has 6 heteroatoms. The number of ether oxygens (including phenoxy) is 1. The smallest absolute Gasteiger partial charge is 0.329 e. The molecule has 1 unspecified atom stereocenters. The standard InChI is InChI=1S/C21H27N3O3/c1-14-12-15(2)24(23-14)19-10-8-17(9-11-19)13-27-21(26)20(22-16(3)25)18-6-4-5-7-18/h8-12,18,20H,4-7,13H2,1-3H3,(H,22,25). The molecule has 1 aliphatic rings. The summed E-state index contributed by atoms with van der Waals surface area (Å²) in [7, 11) is 0. The highest BCUT2D eigenvalue weighted by molar-refractivity contribution is 5.83. The summed E-state index contributed by atoms with van der Waals surface area (Å²) in [6.07, 6.45) is 4.11. The van der Waals surface area contributed by atoms with E-state index in [9.17, 15) is 9.59 Å². The predicted octanol–water partition coefficient (Wildman–Crippen LogP) is 3.23. The number of aromatic nitrogens is 2. The number of esters is 1. The monoisotopic (exact) mass is 369 g/mol. The van der Waals surface area contributed by atoms with Crippen LogP contribution in [0.3, 0.4) is 0 Å². The van der Waals surface area contributed by atoms with Crippen LogP contribution in [0.4, 0.5) is 0 Å². The number of amides is 1. The van der Waals surface area contributed by atoms with Crippen molar-refractivity contribution in [1.29, 1.82) is 0 Å². The van der Waals surface area contributed by atoms with Gasteiger partial charge in [-0.05, 0) is 56.4 Å². The fourth-order valence-corrected chi connectivity index (χ4v) is 3.75. The Morgan fingerprint density at radius 1 is 1.22 bits per heavy atom. The molecule has 1 fully saturated rings. The Morgan fingerprint density at radius 3 is 2.44 bits per heavy atom. The van der Waals surface area contributed by atoms with E-state index in [1.54, 1.807) is 0 Å². The number of hydrogen-bond acceptors (Lipinski definition) is 4. The van der Waals surface area contributed by atoms with Gasteiger partial charge < -0.3 is 10.1 Å². The van der Waals surface area contributed by atoms with Gasteiger partial charge in [-0.15, -0.1) is 0 Å². The largest absolute Gasteiger partial charge is 0.459 e. The minimum absolute atomic E-state index is 0.176. The Labute approximate surface area is 159 Å². The van der Waals surface area contributed by atoms with Gasteiger partial charge in [-0.2, -0.15) is 5.10 Å². The molecule has 1 aliphatic carbocycles. The van der Waals surface area contributed by atoms with Gasteiger partial charge in [0, 0.05) is 12.6 Å². The van der Waals surface area contributed by atoms with Gasteiger partial charge in [-0.25, -0.2) is 9.48 Å². The van der Waals surface area contributed by atoms with Gasteiger partial charge in [-0.1, -0.05) is 25.0 Å². The minimum atomic E-state index is -0.543. The number of nitrogens with one attached hydrogen (secondary N) is 1. The topological polar surface area (TPSA) is 73.2 Å². The van der Waals surface area contributed by atoms with Crippen molar-refractivity contribution in [1.82, 2.24) is 15.1 Å². The van der Waals surface area contributed by atoms with Crippen molar-refractivity contribution in [3.63, 3.8) is 0 Å². The van der Waals surface area contributed by atoms with Gasteiger partial charge in [0.1, 0.15) is 12.6 Å². The molecule has 1 saturated carbocycles. The summed E-state index contributed by atoms with van der Waals surface area (Å²) in [6.45, 7) is 5.61. The number of carbonyl (C=O) groups is 2. The molecule has 27 heavy (non-hydrogen) atoms. The Balaban J connectivity index is 1.62. The first-order chi connectivity index (χ1) is 12.9. The maximum atomic E-state index is 12.5. The van der Waals surface area contributed by atoms with Crippen LogP contribution in [-0.2, 0) is 20.9 Å². The summed E-state index contributed by atoms with van der Waals surface area (Å²) in [6, 6.07) is 9.28. The van der Waals surface area contributed by atoms with E-state index in [1.165, 1.54) is 6.92 Å². The second kappa shape index (κ2) is 8.37. The molecule has 0 aliphatic heterocycles. The molecule has 6 nitrogen and oxygen atoms in total. The second-order valence-corrected chi connectivity index (χ2v) is 7.34. The molecule has 2 aromatic rings. The Morgan fingerprint density at radius 2 is 1.89 bits per heavy atom. The van der Waals surface area contributed by atoms with Crippen molar-refractivity contribution >= 4 is 11.9 Å². The normalized spacial score (nSPS) is 15.5. The second-order valence-electron chi connectivity index (χ2n) is 7.34. The third-order valence-corrected chi connectivity index (χ3v) is 5.06. The van der Waals surface area contributed by atoms with Crippen molar-refractivity contribution in [3.05, 3.63) is 47.3 Å². The number of rotatable bonds is 6. The highest BCUT2D eigenvalue weighted by Gasteiger charge is 2.32. The first kappa shape index (κ1) is 19.1. The van der Waals surface area contributed by atoms with Gasteiger partial charge in [-0.3, -0.25) is 4.79 Å². The molecule has 1 N–H and O–H groups in total. The van der Waals surface area contributed by atoms with Gasteiger partial charge in [0.15, 0.2) is 0 Å². The SMILES string of the molecule is CC(=O)NC(C(=O)OCc1ccc(-n2nc(C)cc2C)cc1)C1CCCC1. The Kier molecular flexibility index (Phi) is 5.94. The molecule has 1 aromatic heterocycles. The summed E-state index contributed by atoms with van der Waals surface area (Å²) >= 11 is 0. The molecular weight excluding hydrogens is 342 g/mol. The van der Waals surface area contributed by atoms with E-state index in [-0.39, 0.29) is 24.4 Å². The number of hydrogen-bond donors (Lipinski definition) is 1. The van der Waals surface area contributed by atoms with Crippen LogP contribution in [0.5, 0.6) is 0 Å². The lowest BCUT2D eigenvalue weighted by Gasteiger charge is -2.22. The molecule has 1 aromatic carbocycles. The maximum Gasteiger partial charge on any atom is 0.329 e. The number of benzene rings is 1. The van der Waals surface area contributed by atoms with Gasteiger partial charge in [0.2, 0.25) is 5.91 Å². The zero-order chi connectivity index (χ0) is 19.4. The fraction of sp³-hybridized carbons (Fsp3) is 0.476. The van der Waals surface area contributed by atoms with Crippen molar-refractivity contribution in [2.45, 2.75) is 59.1 Å². The molecule has 1 atom stereocenters. The van der Waals surface area contributed by atoms with Crippen molar-refractivity contribution < 1.29 is 14.3 Å². The Hall–Kier alpha value is -2.63. The predicted molar refractivity (Wildman–Crippen MR) is 102 cm³/mol. The lowest BCUT2D eigenvalue weighted by Crippen LogP contribution is -2.45. The molecule has 144 valence electrons. The minimum Gasteiger partial charge on any atom is -0.459 e. The molecule has 1 amide bonds. The van der Waals surface area contributed by atoms with Crippen LogP contribution in [0, 0.1) is 19.8 Å². The molecular formula is C21H27N3O3. The summed E-state index contributed by atoms with van der Waals surface area (Å²) < 4.78 is 7.39. The van der Waals surface area contributed by atoms with Crippen LogP contribution in [0.1, 0.15) is 49.6 Å². The van der Waals surface area contributed by atoms with Gasteiger partial charge >= 0.3 is 5.97 Å². The van der Waals surface area contributed by atoms with Crippen molar-refractivity contribution in [2.24, 2.45) is 5.92 Å². The van der Waals surface area contributed by atoms with Crippen molar-refractivity contribution in [2.75, 3.05) is 0 Å². The van der Waals surface area contributed by atoms with Crippen LogP contribution in [0.15, 0.2) is 30.3 Å². The summed E-state index contributed by atoms with van der Waals surface area (Å²) in [4.78, 5) is 24.0. The zero-order valence-corrected chi connectivity index (χ0v) is 16.2. The van der Waals surface area contributed by atoms with E-state index in [0.29, 0.717) is 0 Å². The molecule has 3 rings (SSSR count). The lowest BCUT2D eigenvalue weighted by molar-refractivity contribution is -0.150. The maximum absolute atomic E-state index is 12.5. The quantitative estimate of drug-likeness (QED) is 0.794. The number of aryl methyl sites for hydroxylation is 2. The Bertz CT molecular complexity index is 805. The van der Waals surface area contributed by atoms with Crippen LogP contribution in [0.2, 0.25) is 0 Å². The van der Waals surface area contributed by atoms with Gasteiger partial charge in [0.25, 0.3) is 0 Å². The summed E-state index contributed by atoms with van der Waals surface area (Å²) in [5, 5.41) is 7.24. The molecule has 0 bridgehead atoms. The molecule has 1 heterocycles. The van der Waals surface area contributed by atoms with Crippen molar-refractivity contribution in [3.8, 4) is 5.69 Å². The van der Waals surface area contributed by atoms with E-state index >= 15 is 0 Å². The van der Waals surface area contributed by atoms with Crippen LogP contribution in [-0.4, -0.2) is 27.7 Å². The van der Waals surface area contributed by atoms with Gasteiger partial charge in [0.05, 0.1) is 11.4 Å². The van der Waals surface area contributed by atoms with E-state index < -0.39 is 6.04 Å². The number of nitrogens with zero attached hydrogens (tertiary/aromatic N) is 2. The fourth-order valence-electron chi connectivity index (χ4n) is 3.75. The average Bonchev–Trinajstić information content (AvgIpc) is 3.27. The van der Waals surface area contributed by atoms with E-state index in [1.807, 2.05) is 48.9 Å². The van der Waals surface area contributed by atoms with Crippen LogP contribution < -0.4 is 5.32 Å². The summed E-state index contributed by atoms with van der Waals surface area (Å²) in [5.41, 5.74) is 3.92. The third kappa shape index (κ3) is 4.76. The third-order valence-electron chi connectivity index (χ3n) is 5.06. The average molecular weight is 369 g/mol. The zero-order valence-electron chi connectivity index (χ0n) is 16.2. The highest BCUT2D eigenvalue weighted by atomic mass is 16.5. The molecule has 0 spiro atoms. The van der Waals surface area contributed by atoms with E-state index in [2.05, 4.69) is 10.4 Å². The van der Waals surface area contributed by atoms with Crippen LogP contribution in [0.25, 0.3) is 5.69 Å². The lowest BCUT2D eigenvalue weighted by atomic mass is 9.98. The van der Waals surface area contributed by atoms with E-state index in [0.717, 1.165) is 48.3 Å². The summed E-state index contributed by atoms with van der Waals surface area (Å²) in [5.74, 6) is -0.368. The molecule has 0 saturated heterocycles. The first-order valence-electron chi connectivity index (χ1n) is 9.50. The first-order valence-corrected chi connectivity index (χ1v) is 9.50. The molecule has 0 radical (unpaired) electrons. The highest BCUT2D eigenvalue weighted by Crippen LogP contribution is 2.28. The van der Waals surface area contributed by atoms with Crippen LogP contribution >= 0.6 is 0 Å². The van der Waals surface area contributed by atoms with E-state index in [4.69, 9.17) is 4.74 Å². The number of carbonyl (C=O) groups excluding carboxylic acids is 2.